The summed E-state index contributed by atoms with van der Waals surface area (Å²) in [4.78, 5) is 14.3. The summed E-state index contributed by atoms with van der Waals surface area (Å²) in [5.41, 5.74) is -1.22. The first-order valence-electron chi connectivity index (χ1n) is 9.10. The molecule has 2 aromatic rings. The van der Waals surface area contributed by atoms with E-state index in [1.165, 1.54) is 12.1 Å². The van der Waals surface area contributed by atoms with Gasteiger partial charge in [0, 0.05) is 25.3 Å². The summed E-state index contributed by atoms with van der Waals surface area (Å²) in [5, 5.41) is 7.50. The molecule has 0 unspecified atom stereocenters. The largest absolute Gasteiger partial charge is 0.416 e. The fraction of sp³-hybridized carbons (Fsp3) is 0.316. The Bertz CT molecular complexity index is 1080. The Morgan fingerprint density at radius 1 is 1.13 bits per heavy atom. The number of rotatable bonds is 5. The molecule has 1 aliphatic heterocycles. The molecule has 12 heteroatoms. The minimum Gasteiger partial charge on any atom is -0.378 e. The van der Waals surface area contributed by atoms with E-state index in [1.807, 2.05) is 0 Å². The number of hydrogen-bond acceptors (Lipinski definition) is 5. The van der Waals surface area contributed by atoms with Crippen LogP contribution in [0.3, 0.4) is 0 Å². The van der Waals surface area contributed by atoms with E-state index in [0.717, 1.165) is 18.2 Å². The average molecular weight is 461 g/mol. The Labute approximate surface area is 175 Å². The fourth-order valence-electron chi connectivity index (χ4n) is 3.19. The molecule has 1 aliphatic rings. The van der Waals surface area contributed by atoms with E-state index >= 15 is 0 Å². The van der Waals surface area contributed by atoms with Gasteiger partial charge in [-0.15, -0.1) is 0 Å². The molecule has 0 radical (unpaired) electrons. The zero-order valence-electron chi connectivity index (χ0n) is 16.1. The first kappa shape index (κ1) is 23.0. The molecule has 168 valence electrons. The minimum atomic E-state index is -4.81. The number of anilines is 1. The first-order valence-corrected chi connectivity index (χ1v) is 10.6. The number of nitrogens with zero attached hydrogens (tertiary/aromatic N) is 1. The van der Waals surface area contributed by atoms with Crippen molar-refractivity contribution in [2.45, 2.75) is 17.6 Å². The molecule has 31 heavy (non-hydrogen) atoms. The summed E-state index contributed by atoms with van der Waals surface area (Å²) in [5.74, 6) is -1.86. The number of benzene rings is 2. The maximum atomic E-state index is 13.3. The molecule has 3 N–H and O–H groups in total. The molecular formula is C19H19F4N3O4S. The highest BCUT2D eigenvalue weighted by Crippen LogP contribution is 2.32. The highest BCUT2D eigenvalue weighted by Gasteiger charge is 2.34. The molecule has 0 bridgehead atoms. The first-order chi connectivity index (χ1) is 14.5. The molecule has 2 aromatic carbocycles. The van der Waals surface area contributed by atoms with Gasteiger partial charge in [0.25, 0.3) is 5.91 Å². The van der Waals surface area contributed by atoms with Crippen LogP contribution in [0.25, 0.3) is 0 Å². The number of amides is 1. The van der Waals surface area contributed by atoms with Crippen LogP contribution in [0.1, 0.15) is 21.5 Å². The van der Waals surface area contributed by atoms with E-state index in [0.29, 0.717) is 38.1 Å². The Balaban J connectivity index is 1.92. The number of nitrogens with one attached hydrogen (secondary N) is 1. The molecular weight excluding hydrogens is 442 g/mol. The van der Waals surface area contributed by atoms with Crippen molar-refractivity contribution < 1.29 is 35.5 Å². The summed E-state index contributed by atoms with van der Waals surface area (Å²) in [6.45, 7) is 1.11. The number of nitrogens with two attached hydrogens (primary N) is 1. The number of carbonyl (C=O) groups excluding carboxylic acids is 1. The maximum Gasteiger partial charge on any atom is 0.416 e. The lowest BCUT2D eigenvalue weighted by molar-refractivity contribution is -0.138. The predicted octanol–water partition coefficient (Wildman–Crippen LogP) is 2.26. The highest BCUT2D eigenvalue weighted by atomic mass is 32.2. The van der Waals surface area contributed by atoms with Crippen molar-refractivity contribution in [1.82, 2.24) is 5.32 Å². The van der Waals surface area contributed by atoms with Gasteiger partial charge in [0.2, 0.25) is 10.0 Å². The summed E-state index contributed by atoms with van der Waals surface area (Å²) < 4.78 is 81.5. The van der Waals surface area contributed by atoms with Gasteiger partial charge in [-0.3, -0.25) is 4.79 Å². The topological polar surface area (TPSA) is 102 Å². The summed E-state index contributed by atoms with van der Waals surface area (Å²) >= 11 is 0. The molecule has 0 aliphatic carbocycles. The van der Waals surface area contributed by atoms with E-state index in [9.17, 15) is 30.8 Å². The average Bonchev–Trinajstić information content (AvgIpc) is 2.71. The van der Waals surface area contributed by atoms with E-state index in [2.05, 4.69) is 5.32 Å². The normalized spacial score (nSPS) is 15.1. The Kier molecular flexibility index (Phi) is 6.53. The maximum absolute atomic E-state index is 13.3. The van der Waals surface area contributed by atoms with E-state index in [4.69, 9.17) is 9.88 Å². The van der Waals surface area contributed by atoms with Crippen LogP contribution in [-0.2, 0) is 27.5 Å². The molecule has 3 rings (SSSR count). The number of ether oxygens (including phenoxy) is 1. The highest BCUT2D eigenvalue weighted by molar-refractivity contribution is 7.89. The molecule has 0 saturated carbocycles. The van der Waals surface area contributed by atoms with Crippen LogP contribution in [0, 0.1) is 5.82 Å². The number of carbonyl (C=O) groups is 1. The number of halogens is 4. The van der Waals surface area contributed by atoms with Gasteiger partial charge >= 0.3 is 6.18 Å². The lowest BCUT2D eigenvalue weighted by Gasteiger charge is -2.30. The lowest BCUT2D eigenvalue weighted by Crippen LogP contribution is -2.38. The van der Waals surface area contributed by atoms with Gasteiger partial charge in [-0.25, -0.2) is 17.9 Å². The van der Waals surface area contributed by atoms with Gasteiger partial charge in [0.15, 0.2) is 0 Å². The molecule has 0 atom stereocenters. The second-order valence-corrected chi connectivity index (χ2v) is 8.37. The SMILES string of the molecule is NS(=O)(=O)c1ccc(N2CCOCC2)c(C(=O)NCc2ccc(F)cc2C(F)(F)F)c1. The zero-order valence-corrected chi connectivity index (χ0v) is 16.9. The number of sulfonamides is 1. The minimum absolute atomic E-state index is 0.0657. The van der Waals surface area contributed by atoms with E-state index < -0.39 is 40.0 Å². The number of hydrogen-bond donors (Lipinski definition) is 2. The van der Waals surface area contributed by atoms with Crippen molar-refractivity contribution in [3.63, 3.8) is 0 Å². The monoisotopic (exact) mass is 461 g/mol. The van der Waals surface area contributed by atoms with Crippen LogP contribution < -0.4 is 15.4 Å². The predicted molar refractivity (Wildman–Crippen MR) is 103 cm³/mol. The Morgan fingerprint density at radius 2 is 1.81 bits per heavy atom. The van der Waals surface area contributed by atoms with Gasteiger partial charge in [-0.1, -0.05) is 6.07 Å². The van der Waals surface area contributed by atoms with Crippen molar-refractivity contribution in [2.24, 2.45) is 5.14 Å². The molecule has 0 aromatic heterocycles. The van der Waals surface area contributed by atoms with Gasteiger partial charge in [0.1, 0.15) is 5.82 Å². The molecule has 1 amide bonds. The van der Waals surface area contributed by atoms with Crippen LogP contribution in [0.5, 0.6) is 0 Å². The van der Waals surface area contributed by atoms with Gasteiger partial charge in [-0.05, 0) is 35.9 Å². The third-order valence-corrected chi connectivity index (χ3v) is 5.62. The van der Waals surface area contributed by atoms with Gasteiger partial charge < -0.3 is 15.0 Å². The summed E-state index contributed by atoms with van der Waals surface area (Å²) in [6, 6.07) is 5.88. The van der Waals surface area contributed by atoms with Gasteiger partial charge in [0.05, 0.1) is 29.2 Å². The quantitative estimate of drug-likeness (QED) is 0.666. The third-order valence-electron chi connectivity index (χ3n) is 4.71. The van der Waals surface area contributed by atoms with E-state index in [1.54, 1.807) is 4.90 Å². The molecule has 1 fully saturated rings. The fourth-order valence-corrected chi connectivity index (χ4v) is 3.73. The van der Waals surface area contributed by atoms with Crippen LogP contribution >= 0.6 is 0 Å². The van der Waals surface area contributed by atoms with Crippen molar-refractivity contribution in [2.75, 3.05) is 31.2 Å². The summed E-state index contributed by atoms with van der Waals surface area (Å²) in [6.07, 6.45) is -4.81. The number of alkyl halides is 3. The van der Waals surface area contributed by atoms with Crippen LogP contribution in [0.4, 0.5) is 23.2 Å². The lowest BCUT2D eigenvalue weighted by atomic mass is 10.1. The second-order valence-electron chi connectivity index (χ2n) is 6.81. The molecule has 0 spiro atoms. The van der Waals surface area contributed by atoms with Crippen LogP contribution in [0.2, 0.25) is 0 Å². The van der Waals surface area contributed by atoms with E-state index in [-0.39, 0.29) is 16.0 Å². The summed E-state index contributed by atoms with van der Waals surface area (Å²) in [7, 11) is -4.12. The standard InChI is InChI=1S/C19H19F4N3O4S/c20-13-2-1-12(16(9-13)19(21,22)23)11-25-18(27)15-10-14(31(24,28)29)3-4-17(15)26-5-7-30-8-6-26/h1-4,9-10H,5-8,11H2,(H,25,27)(H2,24,28,29). The Hall–Kier alpha value is -2.70. The zero-order chi connectivity index (χ0) is 22.8. The van der Waals surface area contributed by atoms with Crippen molar-refractivity contribution in [1.29, 1.82) is 0 Å². The Morgan fingerprint density at radius 3 is 2.42 bits per heavy atom. The van der Waals surface area contributed by atoms with Crippen LogP contribution in [0.15, 0.2) is 41.3 Å². The smallest absolute Gasteiger partial charge is 0.378 e. The van der Waals surface area contributed by atoms with Crippen molar-refractivity contribution >= 4 is 21.6 Å². The van der Waals surface area contributed by atoms with Crippen molar-refractivity contribution in [3.05, 3.63) is 58.9 Å². The van der Waals surface area contributed by atoms with Crippen molar-refractivity contribution in [3.8, 4) is 0 Å². The molecule has 1 heterocycles. The number of primary sulfonamides is 1. The third kappa shape index (κ3) is 5.51. The van der Waals surface area contributed by atoms with Gasteiger partial charge in [-0.2, -0.15) is 13.2 Å². The molecule has 1 saturated heterocycles. The number of morpholine rings is 1. The molecule has 7 nitrogen and oxygen atoms in total. The van der Waals surface area contributed by atoms with Crippen LogP contribution in [-0.4, -0.2) is 40.6 Å². The second kappa shape index (κ2) is 8.81.